The van der Waals surface area contributed by atoms with Crippen LogP contribution in [0, 0.1) is 0 Å². The summed E-state index contributed by atoms with van der Waals surface area (Å²) >= 11 is 0. The van der Waals surface area contributed by atoms with Crippen molar-refractivity contribution in [2.75, 3.05) is 5.32 Å². The summed E-state index contributed by atoms with van der Waals surface area (Å²) in [7, 11) is 0. The van der Waals surface area contributed by atoms with Gasteiger partial charge in [-0.2, -0.15) is 0 Å². The first kappa shape index (κ1) is 17.5. The average Bonchev–Trinajstić information content (AvgIpc) is 2.99. The SMILES string of the molecule is CC(C)c1cccc(C(C)C)c1NC(=O)C(=O)NC1CCCC1. The second kappa shape index (κ2) is 7.62. The minimum absolute atomic E-state index is 0.151. The molecule has 1 aliphatic carbocycles. The van der Waals surface area contributed by atoms with E-state index in [2.05, 4.69) is 38.3 Å². The molecule has 126 valence electrons. The zero-order valence-corrected chi connectivity index (χ0v) is 14.6. The Hall–Kier alpha value is -1.84. The standard InChI is InChI=1S/C19H28N2O2/c1-12(2)15-10-7-11-16(13(3)4)17(15)21-19(23)18(22)20-14-8-5-6-9-14/h7,10-14H,5-6,8-9H2,1-4H3,(H,20,22)(H,21,23). The molecule has 0 radical (unpaired) electrons. The summed E-state index contributed by atoms with van der Waals surface area (Å²) in [6, 6.07) is 6.19. The molecule has 1 aliphatic rings. The van der Waals surface area contributed by atoms with E-state index in [1.54, 1.807) is 0 Å². The zero-order chi connectivity index (χ0) is 17.0. The van der Waals surface area contributed by atoms with Gasteiger partial charge in [0.15, 0.2) is 0 Å². The second-order valence-corrected chi connectivity index (χ2v) is 7.03. The van der Waals surface area contributed by atoms with Gasteiger partial charge in [0.2, 0.25) is 0 Å². The maximum absolute atomic E-state index is 12.3. The normalized spacial score (nSPS) is 15.2. The van der Waals surface area contributed by atoms with Crippen LogP contribution in [-0.4, -0.2) is 17.9 Å². The molecule has 0 aromatic heterocycles. The van der Waals surface area contributed by atoms with Crippen molar-refractivity contribution in [2.24, 2.45) is 0 Å². The van der Waals surface area contributed by atoms with Gasteiger partial charge in [-0.25, -0.2) is 0 Å². The second-order valence-electron chi connectivity index (χ2n) is 7.03. The van der Waals surface area contributed by atoms with Crippen molar-refractivity contribution in [1.29, 1.82) is 0 Å². The Morgan fingerprint density at radius 3 is 1.96 bits per heavy atom. The maximum atomic E-state index is 12.3. The van der Waals surface area contributed by atoms with Gasteiger partial charge in [0.1, 0.15) is 0 Å². The van der Waals surface area contributed by atoms with Gasteiger partial charge in [-0.3, -0.25) is 9.59 Å². The van der Waals surface area contributed by atoms with Crippen LogP contribution in [0.1, 0.15) is 76.3 Å². The van der Waals surface area contributed by atoms with Crippen LogP contribution in [0.2, 0.25) is 0 Å². The van der Waals surface area contributed by atoms with Gasteiger partial charge in [-0.15, -0.1) is 0 Å². The van der Waals surface area contributed by atoms with Gasteiger partial charge in [0.25, 0.3) is 0 Å². The van der Waals surface area contributed by atoms with Gasteiger partial charge in [0, 0.05) is 11.7 Å². The van der Waals surface area contributed by atoms with Gasteiger partial charge >= 0.3 is 11.8 Å². The first-order valence-corrected chi connectivity index (χ1v) is 8.64. The summed E-state index contributed by atoms with van der Waals surface area (Å²) in [6.07, 6.45) is 4.19. The highest BCUT2D eigenvalue weighted by molar-refractivity contribution is 6.39. The third kappa shape index (κ3) is 4.34. The number of nitrogens with one attached hydrogen (secondary N) is 2. The van der Waals surface area contributed by atoms with Crippen molar-refractivity contribution < 1.29 is 9.59 Å². The molecule has 0 unspecified atom stereocenters. The Bertz CT molecular complexity index is 546. The molecule has 1 fully saturated rings. The molecule has 0 spiro atoms. The van der Waals surface area contributed by atoms with Crippen LogP contribution < -0.4 is 10.6 Å². The maximum Gasteiger partial charge on any atom is 0.313 e. The van der Waals surface area contributed by atoms with Crippen LogP contribution >= 0.6 is 0 Å². The first-order chi connectivity index (χ1) is 10.9. The molecule has 4 heteroatoms. The summed E-state index contributed by atoms with van der Waals surface area (Å²) in [6.45, 7) is 8.36. The Balaban J connectivity index is 2.17. The fourth-order valence-electron chi connectivity index (χ4n) is 3.19. The lowest BCUT2D eigenvalue weighted by Gasteiger charge is -2.20. The molecule has 2 amide bonds. The van der Waals surface area contributed by atoms with E-state index in [9.17, 15) is 9.59 Å². The number of carbonyl (C=O) groups excluding carboxylic acids is 2. The molecule has 0 heterocycles. The number of para-hydroxylation sites is 1. The van der Waals surface area contributed by atoms with Gasteiger partial charge in [0.05, 0.1) is 0 Å². The summed E-state index contributed by atoms with van der Waals surface area (Å²) < 4.78 is 0. The predicted octanol–water partition coefficient (Wildman–Crippen LogP) is 3.93. The van der Waals surface area contributed by atoms with Crippen LogP contribution in [0.15, 0.2) is 18.2 Å². The summed E-state index contributed by atoms with van der Waals surface area (Å²) in [5.74, 6) is -0.527. The van der Waals surface area contributed by atoms with Crippen molar-refractivity contribution in [3.8, 4) is 0 Å². The van der Waals surface area contributed by atoms with E-state index in [4.69, 9.17) is 0 Å². The van der Waals surface area contributed by atoms with Gasteiger partial charge in [-0.05, 0) is 35.8 Å². The van der Waals surface area contributed by atoms with Crippen molar-refractivity contribution in [1.82, 2.24) is 5.32 Å². The lowest BCUT2D eigenvalue weighted by molar-refractivity contribution is -0.136. The quantitative estimate of drug-likeness (QED) is 0.827. The Kier molecular flexibility index (Phi) is 5.80. The van der Waals surface area contributed by atoms with E-state index in [-0.39, 0.29) is 17.9 Å². The molecular formula is C19H28N2O2. The molecule has 1 aromatic rings. The highest BCUT2D eigenvalue weighted by atomic mass is 16.2. The Labute approximate surface area is 139 Å². The minimum Gasteiger partial charge on any atom is -0.345 e. The molecule has 4 nitrogen and oxygen atoms in total. The number of hydrogen-bond acceptors (Lipinski definition) is 2. The molecule has 1 saturated carbocycles. The monoisotopic (exact) mass is 316 g/mol. The topological polar surface area (TPSA) is 58.2 Å². The molecular weight excluding hydrogens is 288 g/mol. The lowest BCUT2D eigenvalue weighted by atomic mass is 9.92. The van der Waals surface area contributed by atoms with Gasteiger partial charge < -0.3 is 10.6 Å². The van der Waals surface area contributed by atoms with Crippen LogP contribution in [0.4, 0.5) is 5.69 Å². The third-order valence-corrected chi connectivity index (χ3v) is 4.51. The Morgan fingerprint density at radius 2 is 1.48 bits per heavy atom. The van der Waals surface area contributed by atoms with Crippen molar-refractivity contribution in [2.45, 2.75) is 71.3 Å². The molecule has 0 aliphatic heterocycles. The number of carbonyl (C=O) groups is 2. The molecule has 0 saturated heterocycles. The predicted molar refractivity (Wildman–Crippen MR) is 93.6 cm³/mol. The third-order valence-electron chi connectivity index (χ3n) is 4.51. The van der Waals surface area contributed by atoms with Crippen molar-refractivity contribution in [3.63, 3.8) is 0 Å². The number of anilines is 1. The molecule has 23 heavy (non-hydrogen) atoms. The molecule has 2 rings (SSSR count). The first-order valence-electron chi connectivity index (χ1n) is 8.64. The zero-order valence-electron chi connectivity index (χ0n) is 14.6. The van der Waals surface area contributed by atoms with Crippen LogP contribution in [0.3, 0.4) is 0 Å². The van der Waals surface area contributed by atoms with Crippen molar-refractivity contribution >= 4 is 17.5 Å². The number of amides is 2. The van der Waals surface area contributed by atoms with Crippen LogP contribution in [0.25, 0.3) is 0 Å². The van der Waals surface area contributed by atoms with Gasteiger partial charge in [-0.1, -0.05) is 58.7 Å². The summed E-state index contributed by atoms with van der Waals surface area (Å²) in [5.41, 5.74) is 2.93. The average molecular weight is 316 g/mol. The van der Waals surface area contributed by atoms with E-state index in [1.807, 2.05) is 18.2 Å². The molecule has 2 N–H and O–H groups in total. The Morgan fingerprint density at radius 1 is 0.957 bits per heavy atom. The fourth-order valence-corrected chi connectivity index (χ4v) is 3.19. The highest BCUT2D eigenvalue weighted by Gasteiger charge is 2.23. The number of benzene rings is 1. The van der Waals surface area contributed by atoms with Crippen LogP contribution in [0.5, 0.6) is 0 Å². The van der Waals surface area contributed by atoms with E-state index in [0.29, 0.717) is 0 Å². The van der Waals surface area contributed by atoms with E-state index in [0.717, 1.165) is 42.5 Å². The van der Waals surface area contributed by atoms with E-state index >= 15 is 0 Å². The fraction of sp³-hybridized carbons (Fsp3) is 0.579. The summed E-state index contributed by atoms with van der Waals surface area (Å²) in [4.78, 5) is 24.5. The van der Waals surface area contributed by atoms with Crippen LogP contribution in [-0.2, 0) is 9.59 Å². The molecule has 0 bridgehead atoms. The van der Waals surface area contributed by atoms with E-state index in [1.165, 1.54) is 0 Å². The number of rotatable bonds is 4. The molecule has 1 aromatic carbocycles. The lowest BCUT2D eigenvalue weighted by Crippen LogP contribution is -2.40. The summed E-state index contributed by atoms with van der Waals surface area (Å²) in [5, 5.41) is 5.71. The van der Waals surface area contributed by atoms with E-state index < -0.39 is 11.8 Å². The number of hydrogen-bond donors (Lipinski definition) is 2. The smallest absolute Gasteiger partial charge is 0.313 e. The highest BCUT2D eigenvalue weighted by Crippen LogP contribution is 2.32. The minimum atomic E-state index is -0.563. The molecule has 0 atom stereocenters. The largest absolute Gasteiger partial charge is 0.345 e. The van der Waals surface area contributed by atoms with Crippen molar-refractivity contribution in [3.05, 3.63) is 29.3 Å².